The molecule has 3 aliphatic rings. The number of aromatic amines is 1. The highest BCUT2D eigenvalue weighted by atomic mass is 32.2. The number of H-pyrrole nitrogens is 1. The van der Waals surface area contributed by atoms with Crippen molar-refractivity contribution in [1.82, 2.24) is 14.9 Å². The number of carbonyl (C=O) groups excluding carboxylic acids is 3. The van der Waals surface area contributed by atoms with E-state index in [4.69, 9.17) is 4.74 Å². The fraction of sp³-hybridized carbons (Fsp3) is 0.286. The van der Waals surface area contributed by atoms with Gasteiger partial charge in [-0.25, -0.2) is 19.0 Å². The van der Waals surface area contributed by atoms with E-state index in [1.807, 2.05) is 22.5 Å². The quantitative estimate of drug-likeness (QED) is 0.241. The second-order valence-electron chi connectivity index (χ2n) is 7.90. The highest BCUT2D eigenvalue weighted by Gasteiger charge is 2.81. The predicted octanol–water partition coefficient (Wildman–Crippen LogP) is 0.390. The van der Waals surface area contributed by atoms with Gasteiger partial charge >= 0.3 is 17.6 Å². The lowest BCUT2D eigenvalue weighted by Crippen LogP contribution is -2.87. The second kappa shape index (κ2) is 8.18. The van der Waals surface area contributed by atoms with Crippen molar-refractivity contribution in [3.63, 3.8) is 0 Å². The maximum absolute atomic E-state index is 14.1. The number of esters is 1. The molecule has 0 aliphatic carbocycles. The van der Waals surface area contributed by atoms with Crippen molar-refractivity contribution in [2.75, 3.05) is 12.4 Å². The lowest BCUT2D eigenvalue weighted by Gasteiger charge is -2.64. The largest absolute Gasteiger partial charge is 0.454 e. The highest BCUT2D eigenvalue weighted by molar-refractivity contribution is 8.00. The first kappa shape index (κ1) is 22.5. The number of aromatic nitrogens is 2. The van der Waals surface area contributed by atoms with Gasteiger partial charge in [-0.3, -0.25) is 14.6 Å². The minimum absolute atomic E-state index is 0.0721. The van der Waals surface area contributed by atoms with Gasteiger partial charge in [-0.05, 0) is 11.4 Å². The van der Waals surface area contributed by atoms with Crippen molar-refractivity contribution in [2.45, 2.75) is 24.0 Å². The molecule has 2 amide bonds. The van der Waals surface area contributed by atoms with Gasteiger partial charge in [0, 0.05) is 10.6 Å². The number of thiophene rings is 1. The molecule has 0 aromatic carbocycles. The molecule has 1 saturated heterocycles. The number of carbonyl (C=O) groups is 3. The molecule has 1 spiro atoms. The second-order valence-corrected chi connectivity index (χ2v) is 10.0. The van der Waals surface area contributed by atoms with Crippen molar-refractivity contribution in [1.29, 1.82) is 0 Å². The predicted molar refractivity (Wildman–Crippen MR) is 120 cm³/mol. The molecule has 5 rings (SSSR count). The summed E-state index contributed by atoms with van der Waals surface area (Å²) in [5.41, 5.74) is -1.59. The molecule has 10 nitrogen and oxygen atoms in total. The normalized spacial score (nSPS) is 26.7. The Labute approximate surface area is 199 Å². The van der Waals surface area contributed by atoms with Gasteiger partial charge in [-0.1, -0.05) is 30.5 Å². The van der Waals surface area contributed by atoms with E-state index < -0.39 is 51.0 Å². The molecule has 4 atom stereocenters. The maximum atomic E-state index is 14.1. The highest BCUT2D eigenvalue weighted by Crippen LogP contribution is 2.63. The van der Waals surface area contributed by atoms with Crippen molar-refractivity contribution >= 4 is 40.9 Å². The van der Waals surface area contributed by atoms with Crippen molar-refractivity contribution in [2.24, 2.45) is 0 Å². The minimum atomic E-state index is -1.20. The summed E-state index contributed by atoms with van der Waals surface area (Å²) in [5, 5.41) is 3.95. The van der Waals surface area contributed by atoms with E-state index in [-0.39, 0.29) is 30.4 Å². The van der Waals surface area contributed by atoms with Gasteiger partial charge in [0.05, 0.1) is 18.2 Å². The van der Waals surface area contributed by atoms with E-state index in [1.165, 1.54) is 29.2 Å². The SMILES string of the molecule is C=CCOC(=O)C1=C2CS[C@H]3[C@H](NC(=O)Cc4cccs4)C(=O)[N+]13C2n1cc(F)c(=O)[nH]c1=O. The molecule has 2 unspecified atom stereocenters. The van der Waals surface area contributed by atoms with Crippen LogP contribution in [0.2, 0.25) is 0 Å². The monoisotopic (exact) mass is 505 g/mol. The Bertz CT molecular complexity index is 1380. The molecule has 1 fully saturated rings. The molecule has 176 valence electrons. The fourth-order valence-electron chi connectivity index (χ4n) is 4.74. The van der Waals surface area contributed by atoms with Gasteiger partial charge < -0.3 is 10.1 Å². The van der Waals surface area contributed by atoms with Crippen LogP contribution in [0, 0.1) is 5.82 Å². The van der Waals surface area contributed by atoms with Crippen molar-refractivity contribution in [3.8, 4) is 0 Å². The number of nitrogens with one attached hydrogen (secondary N) is 2. The summed E-state index contributed by atoms with van der Waals surface area (Å²) >= 11 is 2.77. The third kappa shape index (κ3) is 3.07. The van der Waals surface area contributed by atoms with Gasteiger partial charge in [-0.2, -0.15) is 8.87 Å². The fourth-order valence-corrected chi connectivity index (χ4v) is 7.02. The first-order chi connectivity index (χ1) is 16.3. The Hall–Kier alpha value is -3.29. The van der Waals surface area contributed by atoms with E-state index in [0.717, 1.165) is 15.6 Å². The number of ether oxygens (including phenoxy) is 1. The summed E-state index contributed by atoms with van der Waals surface area (Å²) in [6.07, 6.45) is 1.20. The van der Waals surface area contributed by atoms with Crippen LogP contribution in [0.1, 0.15) is 11.0 Å². The van der Waals surface area contributed by atoms with E-state index in [1.54, 1.807) is 0 Å². The lowest BCUT2D eigenvalue weighted by molar-refractivity contribution is -0.910. The lowest BCUT2D eigenvalue weighted by atomic mass is 9.84. The number of hydrogen-bond acceptors (Lipinski definition) is 8. The Morgan fingerprint density at radius 1 is 1.38 bits per heavy atom. The molecule has 2 aromatic rings. The molecule has 34 heavy (non-hydrogen) atoms. The number of rotatable bonds is 7. The summed E-state index contributed by atoms with van der Waals surface area (Å²) < 4.78 is 19.6. The van der Waals surface area contributed by atoms with Crippen LogP contribution >= 0.6 is 23.1 Å². The number of nitrogens with zero attached hydrogens (tertiary/aromatic N) is 2. The Balaban J connectivity index is 1.51. The molecule has 5 heterocycles. The standard InChI is InChI=1S/C21H17FN4O6S2/c1-2-5-32-20(30)15-11-9-34-19-14(23-13(27)7-10-4-3-6-33-10)18(29)26(15,19)17(11)25-8-12(22)16(28)24-21(25)31/h2-4,6,8,14,17,19H,1,5,7,9H2,(H-,23,24,27,28,31)/p+1/t14-,17?,19+,26?/m1/s1. The summed E-state index contributed by atoms with van der Waals surface area (Å²) in [4.78, 5) is 65.7. The van der Waals surface area contributed by atoms with Crippen molar-refractivity contribution < 1.29 is 28.0 Å². The molecule has 0 saturated carbocycles. The van der Waals surface area contributed by atoms with Gasteiger partial charge in [-0.15, -0.1) is 11.3 Å². The molecule has 13 heteroatoms. The van der Waals surface area contributed by atoms with Crippen LogP contribution in [0.3, 0.4) is 0 Å². The first-order valence-electron chi connectivity index (χ1n) is 10.2. The number of β-lactam (4-membered cyclic amide) rings is 1. The number of quaternary nitrogens is 1. The van der Waals surface area contributed by atoms with Crippen LogP contribution in [-0.4, -0.2) is 55.6 Å². The van der Waals surface area contributed by atoms with Crippen LogP contribution < -0.4 is 16.6 Å². The van der Waals surface area contributed by atoms with E-state index in [2.05, 4.69) is 11.9 Å². The average Bonchev–Trinajstić information content (AvgIpc) is 3.31. The van der Waals surface area contributed by atoms with Crippen LogP contribution in [0.15, 0.2) is 57.2 Å². The van der Waals surface area contributed by atoms with E-state index in [9.17, 15) is 28.4 Å². The molecular formula is C21H18FN4O6S2+. The van der Waals surface area contributed by atoms with Gasteiger partial charge in [0.2, 0.25) is 29.6 Å². The molecular weight excluding hydrogens is 487 g/mol. The summed E-state index contributed by atoms with van der Waals surface area (Å²) in [6.45, 7) is 3.42. The molecule has 2 N–H and O–H groups in total. The van der Waals surface area contributed by atoms with Crippen molar-refractivity contribution in [3.05, 3.63) is 79.2 Å². The maximum Gasteiger partial charge on any atom is 0.394 e. The summed E-state index contributed by atoms with van der Waals surface area (Å²) in [5.74, 6) is -2.56. The Morgan fingerprint density at radius 2 is 2.18 bits per heavy atom. The number of thioether (sulfide) groups is 1. The summed E-state index contributed by atoms with van der Waals surface area (Å²) in [7, 11) is 0. The van der Waals surface area contributed by atoms with Gasteiger partial charge in [0.25, 0.3) is 5.56 Å². The average molecular weight is 506 g/mol. The zero-order chi connectivity index (χ0) is 24.2. The third-order valence-electron chi connectivity index (χ3n) is 6.04. The summed E-state index contributed by atoms with van der Waals surface area (Å²) in [6, 6.07) is 2.71. The topological polar surface area (TPSA) is 127 Å². The Kier molecular flexibility index (Phi) is 5.41. The molecule has 3 aliphatic heterocycles. The number of halogens is 1. The molecule has 2 bridgehead atoms. The first-order valence-corrected chi connectivity index (χ1v) is 12.1. The smallest absolute Gasteiger partial charge is 0.394 e. The minimum Gasteiger partial charge on any atom is -0.454 e. The van der Waals surface area contributed by atoms with Crippen LogP contribution in [0.5, 0.6) is 0 Å². The van der Waals surface area contributed by atoms with E-state index in [0.29, 0.717) is 5.57 Å². The van der Waals surface area contributed by atoms with Crippen LogP contribution in [0.4, 0.5) is 4.39 Å². The number of hydrogen-bond donors (Lipinski definition) is 2. The van der Waals surface area contributed by atoms with Gasteiger partial charge in [0.15, 0.2) is 5.37 Å². The molecule has 0 radical (unpaired) electrons. The molecule has 2 aromatic heterocycles. The zero-order valence-corrected chi connectivity index (χ0v) is 19.1. The van der Waals surface area contributed by atoms with Crippen LogP contribution in [0.25, 0.3) is 0 Å². The van der Waals surface area contributed by atoms with E-state index >= 15 is 0 Å². The van der Waals surface area contributed by atoms with Crippen LogP contribution in [-0.2, 0) is 25.5 Å². The zero-order valence-electron chi connectivity index (χ0n) is 17.5. The number of amides is 2. The van der Waals surface area contributed by atoms with Gasteiger partial charge in [0.1, 0.15) is 6.61 Å². The Morgan fingerprint density at radius 3 is 2.88 bits per heavy atom. The third-order valence-corrected chi connectivity index (χ3v) is 8.34.